The maximum atomic E-state index is 13.7. The summed E-state index contributed by atoms with van der Waals surface area (Å²) in [5, 5.41) is 3.30. The average Bonchev–Trinajstić information content (AvgIpc) is 2.96. The second-order valence-electron chi connectivity index (χ2n) is 8.73. The molecule has 1 aliphatic heterocycles. The molecule has 3 aromatic carbocycles. The van der Waals surface area contributed by atoms with Gasteiger partial charge in [-0.1, -0.05) is 47.5 Å². The van der Waals surface area contributed by atoms with Crippen molar-refractivity contribution in [2.24, 2.45) is 0 Å². The summed E-state index contributed by atoms with van der Waals surface area (Å²) in [6.45, 7) is 12.0. The van der Waals surface area contributed by atoms with E-state index in [4.69, 9.17) is 0 Å². The van der Waals surface area contributed by atoms with Crippen molar-refractivity contribution >= 4 is 28.8 Å². The lowest BCUT2D eigenvalue weighted by atomic mass is 9.97. The average molecular weight is 425 g/mol. The first-order valence-corrected chi connectivity index (χ1v) is 10.8. The van der Waals surface area contributed by atoms with E-state index >= 15 is 0 Å². The summed E-state index contributed by atoms with van der Waals surface area (Å²) in [7, 11) is 0. The largest absolute Gasteiger partial charge is 0.350 e. The highest BCUT2D eigenvalue weighted by molar-refractivity contribution is 6.46. The Morgan fingerprint density at radius 3 is 1.91 bits per heavy atom. The molecular formula is C28H28N2O2. The number of benzene rings is 3. The van der Waals surface area contributed by atoms with Gasteiger partial charge in [0.25, 0.3) is 11.8 Å². The highest BCUT2D eigenvalue weighted by atomic mass is 16.2. The van der Waals surface area contributed by atoms with Gasteiger partial charge in [0.05, 0.1) is 11.3 Å². The van der Waals surface area contributed by atoms with Gasteiger partial charge in [0.1, 0.15) is 5.70 Å². The van der Waals surface area contributed by atoms with E-state index in [1.165, 1.54) is 4.90 Å². The minimum Gasteiger partial charge on any atom is -0.350 e. The molecule has 1 aliphatic rings. The number of aryl methyl sites for hydroxylation is 6. The van der Waals surface area contributed by atoms with Crippen LogP contribution in [0.3, 0.4) is 0 Å². The van der Waals surface area contributed by atoms with Crippen LogP contribution in [0.2, 0.25) is 0 Å². The Morgan fingerprint density at radius 2 is 1.28 bits per heavy atom. The van der Waals surface area contributed by atoms with Crippen molar-refractivity contribution in [3.63, 3.8) is 0 Å². The summed E-state index contributed by atoms with van der Waals surface area (Å²) in [4.78, 5) is 28.6. The number of carbonyl (C=O) groups excluding carboxylic acids is 2. The molecule has 4 rings (SSSR count). The maximum Gasteiger partial charge on any atom is 0.282 e. The Hall–Kier alpha value is -3.66. The molecule has 1 heterocycles. The summed E-state index contributed by atoms with van der Waals surface area (Å²) >= 11 is 0. The molecule has 4 heteroatoms. The molecule has 0 aliphatic carbocycles. The second-order valence-corrected chi connectivity index (χ2v) is 8.73. The minimum atomic E-state index is -0.340. The van der Waals surface area contributed by atoms with Crippen molar-refractivity contribution in [3.05, 3.63) is 99.2 Å². The third-order valence-electron chi connectivity index (χ3n) is 6.13. The molecule has 1 N–H and O–H groups in total. The first-order valence-electron chi connectivity index (χ1n) is 10.8. The Bertz CT molecular complexity index is 1300. The Balaban J connectivity index is 1.88. The number of rotatable bonds is 4. The summed E-state index contributed by atoms with van der Waals surface area (Å²) in [5.74, 6) is -0.648. The van der Waals surface area contributed by atoms with Crippen molar-refractivity contribution in [3.8, 4) is 0 Å². The van der Waals surface area contributed by atoms with Crippen LogP contribution in [-0.4, -0.2) is 11.8 Å². The third-order valence-corrected chi connectivity index (χ3v) is 6.13. The van der Waals surface area contributed by atoms with Crippen LogP contribution >= 0.6 is 0 Å². The fourth-order valence-corrected chi connectivity index (χ4v) is 4.18. The number of hydrogen-bond donors (Lipinski definition) is 1. The van der Waals surface area contributed by atoms with Crippen LogP contribution in [0.1, 0.15) is 38.9 Å². The van der Waals surface area contributed by atoms with Crippen LogP contribution in [-0.2, 0) is 9.59 Å². The van der Waals surface area contributed by atoms with Crippen molar-refractivity contribution in [2.45, 2.75) is 41.5 Å². The molecule has 0 bridgehead atoms. The summed E-state index contributed by atoms with van der Waals surface area (Å²) in [5.41, 5.74) is 9.27. The van der Waals surface area contributed by atoms with Crippen molar-refractivity contribution < 1.29 is 9.59 Å². The van der Waals surface area contributed by atoms with E-state index in [-0.39, 0.29) is 11.8 Å². The van der Waals surface area contributed by atoms with Crippen LogP contribution < -0.4 is 10.2 Å². The van der Waals surface area contributed by atoms with Gasteiger partial charge in [-0.2, -0.15) is 0 Å². The first-order chi connectivity index (χ1) is 15.2. The summed E-state index contributed by atoms with van der Waals surface area (Å²) in [6, 6.07) is 17.6. The van der Waals surface area contributed by atoms with Crippen LogP contribution in [0.4, 0.5) is 11.4 Å². The molecule has 0 unspecified atom stereocenters. The highest BCUT2D eigenvalue weighted by Crippen LogP contribution is 2.36. The van der Waals surface area contributed by atoms with Crippen molar-refractivity contribution in [2.75, 3.05) is 10.2 Å². The molecule has 0 spiro atoms. The smallest absolute Gasteiger partial charge is 0.282 e. The topological polar surface area (TPSA) is 49.4 Å². The quantitative estimate of drug-likeness (QED) is 0.528. The molecule has 4 nitrogen and oxygen atoms in total. The number of nitrogens with zero attached hydrogens (tertiary/aromatic N) is 1. The van der Waals surface area contributed by atoms with Crippen LogP contribution in [0, 0.1) is 41.5 Å². The van der Waals surface area contributed by atoms with E-state index < -0.39 is 0 Å². The molecule has 0 aromatic heterocycles. The maximum absolute atomic E-state index is 13.7. The van der Waals surface area contributed by atoms with Gasteiger partial charge < -0.3 is 5.32 Å². The van der Waals surface area contributed by atoms with Crippen LogP contribution in [0.25, 0.3) is 5.57 Å². The van der Waals surface area contributed by atoms with E-state index in [2.05, 4.69) is 11.4 Å². The Labute approximate surface area is 189 Å². The summed E-state index contributed by atoms with van der Waals surface area (Å²) in [6.07, 6.45) is 0. The predicted molar refractivity (Wildman–Crippen MR) is 131 cm³/mol. The fourth-order valence-electron chi connectivity index (χ4n) is 4.18. The minimum absolute atomic E-state index is 0.308. The predicted octanol–water partition coefficient (Wildman–Crippen LogP) is 5.93. The molecule has 3 aromatic rings. The second kappa shape index (κ2) is 8.12. The number of carbonyl (C=O) groups is 2. The molecule has 0 saturated carbocycles. The Kier molecular flexibility index (Phi) is 5.47. The molecule has 2 amide bonds. The molecule has 0 saturated heterocycles. The lowest BCUT2D eigenvalue weighted by Crippen LogP contribution is -2.32. The number of anilines is 2. The monoisotopic (exact) mass is 424 g/mol. The zero-order valence-electron chi connectivity index (χ0n) is 19.5. The number of nitrogens with one attached hydrogen (secondary N) is 1. The Morgan fingerprint density at radius 1 is 0.625 bits per heavy atom. The van der Waals surface area contributed by atoms with Crippen LogP contribution in [0.15, 0.2) is 60.3 Å². The summed E-state index contributed by atoms with van der Waals surface area (Å²) < 4.78 is 0. The van der Waals surface area contributed by atoms with Crippen LogP contribution in [0.5, 0.6) is 0 Å². The van der Waals surface area contributed by atoms with E-state index in [1.54, 1.807) is 0 Å². The van der Waals surface area contributed by atoms with Gasteiger partial charge in [-0.3, -0.25) is 9.59 Å². The van der Waals surface area contributed by atoms with Gasteiger partial charge in [0, 0.05) is 5.69 Å². The number of imide groups is 1. The zero-order valence-corrected chi connectivity index (χ0v) is 19.5. The van der Waals surface area contributed by atoms with Gasteiger partial charge in [-0.25, -0.2) is 4.90 Å². The fraction of sp³-hybridized carbons (Fsp3) is 0.214. The van der Waals surface area contributed by atoms with Gasteiger partial charge in [-0.05, 0) is 87.6 Å². The zero-order chi connectivity index (χ0) is 23.2. The third kappa shape index (κ3) is 3.73. The van der Waals surface area contributed by atoms with Gasteiger partial charge in [-0.15, -0.1) is 0 Å². The lowest BCUT2D eigenvalue weighted by molar-refractivity contribution is -0.120. The van der Waals surface area contributed by atoms with Crippen molar-refractivity contribution in [1.82, 2.24) is 0 Å². The molecule has 32 heavy (non-hydrogen) atoms. The van der Waals surface area contributed by atoms with Gasteiger partial charge in [0.2, 0.25) is 0 Å². The highest BCUT2D eigenvalue weighted by Gasteiger charge is 2.41. The number of hydrogen-bond acceptors (Lipinski definition) is 3. The van der Waals surface area contributed by atoms with Crippen molar-refractivity contribution in [1.29, 1.82) is 0 Å². The molecule has 0 atom stereocenters. The molecular weight excluding hydrogens is 396 g/mol. The molecule has 0 radical (unpaired) electrons. The van der Waals surface area contributed by atoms with E-state index in [9.17, 15) is 9.59 Å². The standard InChI is InChI=1S/C28H28N2O2/c1-16-7-11-23(20(5)13-16)25-26(29-24-12-8-17(2)14-21(24)6)28(32)30(27(25)31)22-10-9-18(3)19(4)15-22/h7-15,29H,1-6H3. The van der Waals surface area contributed by atoms with Gasteiger partial charge >= 0.3 is 0 Å². The van der Waals surface area contributed by atoms with E-state index in [0.717, 1.165) is 44.6 Å². The molecule has 162 valence electrons. The number of amides is 2. The van der Waals surface area contributed by atoms with Gasteiger partial charge in [0.15, 0.2) is 0 Å². The molecule has 0 fully saturated rings. The van der Waals surface area contributed by atoms with E-state index in [1.807, 2.05) is 90.1 Å². The SMILES string of the molecule is Cc1ccc(NC2=C(c3ccc(C)cc3C)C(=O)N(c3ccc(C)c(C)c3)C2=O)c(C)c1. The normalized spacial score (nSPS) is 13.9. The first kappa shape index (κ1) is 21.6. The van der Waals surface area contributed by atoms with E-state index in [0.29, 0.717) is 17.0 Å². The lowest BCUT2D eigenvalue weighted by Gasteiger charge is -2.17.